The maximum absolute atomic E-state index is 13.3. The van der Waals surface area contributed by atoms with Crippen molar-refractivity contribution in [2.45, 2.75) is 24.3 Å². The van der Waals surface area contributed by atoms with E-state index in [-0.39, 0.29) is 23.1 Å². The number of carbonyl (C=O) groups excluding carboxylic acids is 1. The fourth-order valence-corrected chi connectivity index (χ4v) is 5.37. The van der Waals surface area contributed by atoms with Gasteiger partial charge in [-0.05, 0) is 31.0 Å². The van der Waals surface area contributed by atoms with E-state index in [0.29, 0.717) is 37.4 Å². The van der Waals surface area contributed by atoms with E-state index < -0.39 is 15.9 Å². The lowest BCUT2D eigenvalue weighted by atomic mass is 9.98. The van der Waals surface area contributed by atoms with Crippen LogP contribution in [0.5, 0.6) is 17.2 Å². The van der Waals surface area contributed by atoms with Crippen molar-refractivity contribution in [1.29, 1.82) is 0 Å². The van der Waals surface area contributed by atoms with Crippen LogP contribution in [0.3, 0.4) is 0 Å². The van der Waals surface area contributed by atoms with Gasteiger partial charge >= 0.3 is 0 Å². The summed E-state index contributed by atoms with van der Waals surface area (Å²) < 4.78 is 43.7. The lowest BCUT2D eigenvalue weighted by Gasteiger charge is -2.31. The summed E-state index contributed by atoms with van der Waals surface area (Å²) in [5.41, 5.74) is 0.861. The van der Waals surface area contributed by atoms with Crippen molar-refractivity contribution in [2.24, 2.45) is 5.92 Å². The number of hydrogen-bond donors (Lipinski definition) is 1. The molecule has 2 aromatic carbocycles. The lowest BCUT2D eigenvalue weighted by molar-refractivity contribution is -0.126. The van der Waals surface area contributed by atoms with Crippen LogP contribution in [0.25, 0.3) is 0 Å². The molecule has 168 valence electrons. The minimum Gasteiger partial charge on any atom is -0.497 e. The average Bonchev–Trinajstić information content (AvgIpc) is 2.82. The van der Waals surface area contributed by atoms with Gasteiger partial charge in [-0.3, -0.25) is 4.79 Å². The van der Waals surface area contributed by atoms with Gasteiger partial charge in [-0.1, -0.05) is 18.2 Å². The van der Waals surface area contributed by atoms with Crippen LogP contribution in [0, 0.1) is 5.92 Å². The molecule has 1 saturated heterocycles. The molecule has 1 atom stereocenters. The Morgan fingerprint density at radius 3 is 2.52 bits per heavy atom. The third-order valence-corrected chi connectivity index (χ3v) is 7.28. The molecule has 0 saturated carbocycles. The van der Waals surface area contributed by atoms with Gasteiger partial charge in [0.1, 0.15) is 22.1 Å². The zero-order valence-corrected chi connectivity index (χ0v) is 18.8. The number of rotatable bonds is 8. The van der Waals surface area contributed by atoms with E-state index in [1.54, 1.807) is 19.2 Å². The predicted octanol–water partition coefficient (Wildman–Crippen LogP) is 2.43. The molecule has 0 unspecified atom stereocenters. The Balaban J connectivity index is 1.73. The van der Waals surface area contributed by atoms with E-state index >= 15 is 0 Å². The number of methoxy groups -OCH3 is 3. The van der Waals surface area contributed by atoms with Gasteiger partial charge in [0.25, 0.3) is 0 Å². The van der Waals surface area contributed by atoms with E-state index in [2.05, 4.69) is 5.32 Å². The number of hydrogen-bond acceptors (Lipinski definition) is 6. The highest BCUT2D eigenvalue weighted by atomic mass is 32.2. The first-order chi connectivity index (χ1) is 14.9. The molecule has 3 rings (SSSR count). The zero-order valence-electron chi connectivity index (χ0n) is 18.0. The van der Waals surface area contributed by atoms with E-state index in [1.165, 1.54) is 24.6 Å². The average molecular weight is 449 g/mol. The quantitative estimate of drug-likeness (QED) is 0.667. The van der Waals surface area contributed by atoms with Crippen molar-refractivity contribution in [3.63, 3.8) is 0 Å². The van der Waals surface area contributed by atoms with Gasteiger partial charge in [-0.25, -0.2) is 8.42 Å². The maximum Gasteiger partial charge on any atom is 0.246 e. The summed E-state index contributed by atoms with van der Waals surface area (Å²) in [5, 5.41) is 2.91. The smallest absolute Gasteiger partial charge is 0.246 e. The van der Waals surface area contributed by atoms with Crippen LogP contribution < -0.4 is 19.5 Å². The molecule has 0 aromatic heterocycles. The second-order valence-corrected chi connectivity index (χ2v) is 9.16. The summed E-state index contributed by atoms with van der Waals surface area (Å²) in [5.74, 6) is 0.741. The summed E-state index contributed by atoms with van der Waals surface area (Å²) in [6.45, 7) is 0.773. The molecule has 0 aliphatic carbocycles. The van der Waals surface area contributed by atoms with Gasteiger partial charge in [-0.2, -0.15) is 4.31 Å². The van der Waals surface area contributed by atoms with Crippen LogP contribution in [-0.4, -0.2) is 53.0 Å². The van der Waals surface area contributed by atoms with Crippen LogP contribution >= 0.6 is 0 Å². The first kappa shape index (κ1) is 22.9. The van der Waals surface area contributed by atoms with Gasteiger partial charge in [0.2, 0.25) is 15.9 Å². The van der Waals surface area contributed by atoms with Gasteiger partial charge in [0, 0.05) is 31.3 Å². The van der Waals surface area contributed by atoms with Gasteiger partial charge in [0.15, 0.2) is 0 Å². The number of sulfonamides is 1. The number of benzene rings is 2. The number of carbonyl (C=O) groups is 1. The summed E-state index contributed by atoms with van der Waals surface area (Å²) in [7, 11) is 0.623. The predicted molar refractivity (Wildman–Crippen MR) is 116 cm³/mol. The summed E-state index contributed by atoms with van der Waals surface area (Å²) in [6.07, 6.45) is 1.22. The lowest BCUT2D eigenvalue weighted by Crippen LogP contribution is -2.45. The van der Waals surface area contributed by atoms with E-state index in [0.717, 1.165) is 5.56 Å². The molecule has 31 heavy (non-hydrogen) atoms. The third-order valence-electron chi connectivity index (χ3n) is 5.39. The Morgan fingerprint density at radius 1 is 1.06 bits per heavy atom. The van der Waals surface area contributed by atoms with Crippen LogP contribution in [-0.2, 0) is 21.4 Å². The van der Waals surface area contributed by atoms with Crippen molar-refractivity contribution in [2.75, 3.05) is 34.4 Å². The van der Waals surface area contributed by atoms with E-state index in [1.807, 2.05) is 24.3 Å². The number of piperidine rings is 1. The fourth-order valence-electron chi connectivity index (χ4n) is 3.68. The van der Waals surface area contributed by atoms with Crippen molar-refractivity contribution in [3.05, 3.63) is 48.0 Å². The molecule has 8 nitrogen and oxygen atoms in total. The molecule has 0 radical (unpaired) electrons. The SMILES string of the molecule is COc1ccc(OC)c(S(=O)(=O)N2CCC[C@@H](C(=O)NCc3ccccc3OC)C2)c1. The number of para-hydroxylation sites is 1. The topological polar surface area (TPSA) is 94.2 Å². The number of amides is 1. The van der Waals surface area contributed by atoms with E-state index in [9.17, 15) is 13.2 Å². The highest BCUT2D eigenvalue weighted by Gasteiger charge is 2.35. The Labute approximate surface area is 183 Å². The molecule has 1 heterocycles. The standard InChI is InChI=1S/C22H28N2O6S/c1-28-18-10-11-20(30-3)21(13-18)31(26,27)24-12-6-8-17(15-24)22(25)23-14-16-7-4-5-9-19(16)29-2/h4-5,7,9-11,13,17H,6,8,12,14-15H2,1-3H3,(H,23,25)/t17-/m1/s1. The Bertz CT molecular complexity index is 1020. The highest BCUT2D eigenvalue weighted by molar-refractivity contribution is 7.89. The molecule has 1 fully saturated rings. The minimum atomic E-state index is -3.85. The van der Waals surface area contributed by atoms with Gasteiger partial charge in [0.05, 0.1) is 27.2 Å². The van der Waals surface area contributed by atoms with Crippen molar-refractivity contribution in [1.82, 2.24) is 9.62 Å². The molecule has 0 bridgehead atoms. The Kier molecular flexibility index (Phi) is 7.40. The molecule has 1 amide bonds. The Hall–Kier alpha value is -2.78. The molecular weight excluding hydrogens is 420 g/mol. The summed E-state index contributed by atoms with van der Waals surface area (Å²) in [4.78, 5) is 12.8. The number of ether oxygens (including phenoxy) is 3. The fraction of sp³-hybridized carbons (Fsp3) is 0.409. The summed E-state index contributed by atoms with van der Waals surface area (Å²) >= 11 is 0. The maximum atomic E-state index is 13.3. The summed E-state index contributed by atoms with van der Waals surface area (Å²) in [6, 6.07) is 12.1. The molecule has 0 spiro atoms. The second-order valence-electron chi connectivity index (χ2n) is 7.25. The highest BCUT2D eigenvalue weighted by Crippen LogP contribution is 2.32. The van der Waals surface area contributed by atoms with Gasteiger partial charge in [-0.15, -0.1) is 0 Å². The van der Waals surface area contributed by atoms with Gasteiger partial charge < -0.3 is 19.5 Å². The monoisotopic (exact) mass is 448 g/mol. The van der Waals surface area contributed by atoms with Crippen LogP contribution in [0.2, 0.25) is 0 Å². The number of nitrogens with zero attached hydrogens (tertiary/aromatic N) is 1. The van der Waals surface area contributed by atoms with Crippen LogP contribution in [0.1, 0.15) is 18.4 Å². The third kappa shape index (κ3) is 5.11. The zero-order chi connectivity index (χ0) is 22.4. The molecule has 1 aliphatic rings. The molecule has 1 aliphatic heterocycles. The van der Waals surface area contributed by atoms with Crippen LogP contribution in [0.4, 0.5) is 0 Å². The van der Waals surface area contributed by atoms with E-state index in [4.69, 9.17) is 14.2 Å². The van der Waals surface area contributed by atoms with Crippen molar-refractivity contribution in [3.8, 4) is 17.2 Å². The number of nitrogens with one attached hydrogen (secondary N) is 1. The second kappa shape index (κ2) is 10.0. The van der Waals surface area contributed by atoms with Crippen molar-refractivity contribution >= 4 is 15.9 Å². The molecule has 1 N–H and O–H groups in total. The Morgan fingerprint density at radius 2 is 1.81 bits per heavy atom. The van der Waals surface area contributed by atoms with Crippen molar-refractivity contribution < 1.29 is 27.4 Å². The minimum absolute atomic E-state index is 0.0319. The molecular formula is C22H28N2O6S. The van der Waals surface area contributed by atoms with Crippen LogP contribution in [0.15, 0.2) is 47.4 Å². The largest absolute Gasteiger partial charge is 0.497 e. The molecule has 9 heteroatoms. The normalized spacial score (nSPS) is 17.1. The first-order valence-corrected chi connectivity index (χ1v) is 11.5. The first-order valence-electron chi connectivity index (χ1n) is 10.0. The molecule has 2 aromatic rings.